The molecule has 45 heavy (non-hydrogen) atoms. The Morgan fingerprint density at radius 3 is 2.09 bits per heavy atom. The highest BCUT2D eigenvalue weighted by molar-refractivity contribution is 5.91. The van der Waals surface area contributed by atoms with Crippen LogP contribution in [0.5, 0.6) is 0 Å². The van der Waals surface area contributed by atoms with Crippen LogP contribution in [0.25, 0.3) is 0 Å². The summed E-state index contributed by atoms with van der Waals surface area (Å²) in [5.41, 5.74) is 1.20. The van der Waals surface area contributed by atoms with Gasteiger partial charge in [-0.3, -0.25) is 20.2 Å². The fourth-order valence-corrected chi connectivity index (χ4v) is 12.2. The zero-order valence-corrected chi connectivity index (χ0v) is 28.5. The number of nitro benzene ring substituents is 2. The van der Waals surface area contributed by atoms with Crippen molar-refractivity contribution in [2.24, 2.45) is 56.7 Å². The van der Waals surface area contributed by atoms with Crippen molar-refractivity contribution in [3.63, 3.8) is 0 Å². The van der Waals surface area contributed by atoms with Crippen LogP contribution in [0.15, 0.2) is 29.8 Å². The van der Waals surface area contributed by atoms with E-state index in [2.05, 4.69) is 61.5 Å². The minimum absolute atomic E-state index is 0.0843. The quantitative estimate of drug-likeness (QED) is 0.143. The van der Waals surface area contributed by atoms with Gasteiger partial charge in [-0.25, -0.2) is 4.79 Å². The maximum Gasteiger partial charge on any atom is 0.338 e. The van der Waals surface area contributed by atoms with Crippen LogP contribution < -0.4 is 0 Å². The Bertz CT molecular complexity index is 1440. The van der Waals surface area contributed by atoms with Gasteiger partial charge < -0.3 is 4.74 Å². The first-order chi connectivity index (χ1) is 20.9. The fourth-order valence-electron chi connectivity index (χ4n) is 12.2. The van der Waals surface area contributed by atoms with Crippen LogP contribution in [0.1, 0.15) is 124 Å². The number of ether oxygens (including phenoxy) is 1. The van der Waals surface area contributed by atoms with Gasteiger partial charge >= 0.3 is 5.97 Å². The summed E-state index contributed by atoms with van der Waals surface area (Å²) < 4.78 is 6.12. The summed E-state index contributed by atoms with van der Waals surface area (Å²) in [5, 5.41) is 22.9. The Hall–Kier alpha value is -2.77. The number of nitrogens with zero attached hydrogens (tertiary/aromatic N) is 2. The number of carbonyl (C=O) groups excluding carboxylic acids is 1. The first kappa shape index (κ1) is 32.2. The normalized spacial score (nSPS) is 43.4. The van der Waals surface area contributed by atoms with E-state index < -0.39 is 27.2 Å². The van der Waals surface area contributed by atoms with Crippen molar-refractivity contribution in [2.45, 2.75) is 119 Å². The van der Waals surface area contributed by atoms with Crippen molar-refractivity contribution in [3.8, 4) is 0 Å². The molecule has 0 aromatic heterocycles. The molecule has 10 atom stereocenters. The molecule has 0 saturated heterocycles. The van der Waals surface area contributed by atoms with Crippen LogP contribution in [-0.2, 0) is 4.74 Å². The van der Waals surface area contributed by atoms with Crippen LogP contribution >= 0.6 is 0 Å². The molecule has 0 spiro atoms. The Morgan fingerprint density at radius 1 is 0.822 bits per heavy atom. The number of fused-ring (bicyclic) bond motifs is 7. The molecule has 1 aromatic rings. The number of allylic oxidation sites excluding steroid dienone is 2. The lowest BCUT2D eigenvalue weighted by Gasteiger charge is -2.71. The topological polar surface area (TPSA) is 113 Å². The largest absolute Gasteiger partial charge is 0.458 e. The van der Waals surface area contributed by atoms with E-state index in [-0.39, 0.29) is 33.3 Å². The monoisotopic (exact) mass is 620 g/mol. The van der Waals surface area contributed by atoms with Crippen LogP contribution in [0.4, 0.5) is 11.4 Å². The zero-order chi connectivity index (χ0) is 32.9. The Labute approximate surface area is 268 Å². The Kier molecular flexibility index (Phi) is 7.41. The van der Waals surface area contributed by atoms with Crippen molar-refractivity contribution in [1.29, 1.82) is 0 Å². The van der Waals surface area contributed by atoms with Gasteiger partial charge in [-0.2, -0.15) is 0 Å². The van der Waals surface area contributed by atoms with Crippen molar-refractivity contribution in [3.05, 3.63) is 55.6 Å². The molecule has 0 amide bonds. The standard InChI is InChI=1S/C37H52N2O6/c1-22-11-14-34(5)17-18-36(7)27(31(34)23(22)2)9-10-29-35(6)15-13-30(33(3,4)28(35)12-16-37(29,36)8)45-32(40)24-19-25(38(41)42)21-26(20-24)39(43)44/h9,19-23,28-31H,10-18H2,1-8H3/t22-,23?,28+,29?,30?,31?,34?,35?,36-,37?/m1/s1. The predicted molar refractivity (Wildman–Crippen MR) is 174 cm³/mol. The van der Waals surface area contributed by atoms with E-state index >= 15 is 0 Å². The van der Waals surface area contributed by atoms with Crippen LogP contribution in [-0.4, -0.2) is 21.9 Å². The van der Waals surface area contributed by atoms with Gasteiger partial charge in [0.25, 0.3) is 11.4 Å². The fraction of sp³-hybridized carbons (Fsp3) is 0.757. The molecule has 7 unspecified atom stereocenters. The van der Waals surface area contributed by atoms with Gasteiger partial charge in [0, 0.05) is 17.5 Å². The maximum absolute atomic E-state index is 13.4. The molecule has 0 bridgehead atoms. The molecule has 0 heterocycles. The molecule has 6 rings (SSSR count). The van der Waals surface area contributed by atoms with E-state index in [0.717, 1.165) is 49.8 Å². The third kappa shape index (κ3) is 4.54. The van der Waals surface area contributed by atoms with Gasteiger partial charge in [0.15, 0.2) is 0 Å². The number of hydrogen-bond donors (Lipinski definition) is 0. The number of benzene rings is 1. The Balaban J connectivity index is 1.29. The van der Waals surface area contributed by atoms with Crippen LogP contribution in [0, 0.1) is 76.9 Å². The lowest BCUT2D eigenvalue weighted by molar-refractivity contribution is -0.394. The molecule has 8 heteroatoms. The van der Waals surface area contributed by atoms with Gasteiger partial charge in [-0.1, -0.05) is 67.0 Å². The average molecular weight is 621 g/mol. The third-order valence-electron chi connectivity index (χ3n) is 15.1. The number of carbonyl (C=O) groups is 1. The van der Waals surface area contributed by atoms with Crippen molar-refractivity contribution < 1.29 is 19.4 Å². The smallest absolute Gasteiger partial charge is 0.338 e. The second-order valence-corrected chi connectivity index (χ2v) is 17.3. The summed E-state index contributed by atoms with van der Waals surface area (Å²) in [6.07, 6.45) is 12.6. The van der Waals surface area contributed by atoms with Gasteiger partial charge in [0.1, 0.15) is 6.10 Å². The Morgan fingerprint density at radius 2 is 1.47 bits per heavy atom. The summed E-state index contributed by atoms with van der Waals surface area (Å²) in [5.74, 6) is 2.28. The first-order valence-electron chi connectivity index (χ1n) is 17.2. The van der Waals surface area contributed by atoms with E-state index in [4.69, 9.17) is 4.74 Å². The predicted octanol–water partition coefficient (Wildman–Crippen LogP) is 9.71. The summed E-state index contributed by atoms with van der Waals surface area (Å²) in [7, 11) is 0. The summed E-state index contributed by atoms with van der Waals surface area (Å²) >= 11 is 0. The van der Waals surface area contributed by atoms with E-state index in [1.165, 1.54) is 25.7 Å². The van der Waals surface area contributed by atoms with E-state index in [9.17, 15) is 25.0 Å². The number of esters is 1. The SMILES string of the molecule is CC1C2C3=CCC4C5(C)CCC(OC(=O)c6cc([N+](=O)[O-])cc([N+](=O)[O-])c6)C(C)(C)[C@@H]5CCC4(C)[C@]3(C)CCC2(C)CC[C@H]1C. The third-order valence-corrected chi connectivity index (χ3v) is 15.1. The molecular formula is C37H52N2O6. The second-order valence-electron chi connectivity index (χ2n) is 17.3. The molecule has 1 aromatic carbocycles. The highest BCUT2D eigenvalue weighted by Crippen LogP contribution is 2.75. The maximum atomic E-state index is 13.4. The van der Waals surface area contributed by atoms with Crippen LogP contribution in [0.3, 0.4) is 0 Å². The molecule has 5 aliphatic carbocycles. The lowest BCUT2D eigenvalue weighted by atomic mass is 9.33. The van der Waals surface area contributed by atoms with Gasteiger partial charge in [0.05, 0.1) is 21.5 Å². The van der Waals surface area contributed by atoms with Crippen molar-refractivity contribution >= 4 is 17.3 Å². The molecule has 8 nitrogen and oxygen atoms in total. The lowest BCUT2D eigenvalue weighted by Crippen LogP contribution is -2.65. The summed E-state index contributed by atoms with van der Waals surface area (Å²) in [6.45, 7) is 19.7. The van der Waals surface area contributed by atoms with Gasteiger partial charge in [-0.15, -0.1) is 0 Å². The molecular weight excluding hydrogens is 568 g/mol. The average Bonchev–Trinajstić information content (AvgIpc) is 2.97. The number of non-ortho nitro benzene ring substituents is 2. The molecule has 0 N–H and O–H groups in total. The molecule has 0 radical (unpaired) electrons. The molecule has 5 aliphatic rings. The van der Waals surface area contributed by atoms with Crippen LogP contribution in [0.2, 0.25) is 0 Å². The van der Waals surface area contributed by atoms with Gasteiger partial charge in [0.2, 0.25) is 0 Å². The molecule has 0 aliphatic heterocycles. The van der Waals surface area contributed by atoms with Crippen molar-refractivity contribution in [2.75, 3.05) is 0 Å². The highest BCUT2D eigenvalue weighted by Gasteiger charge is 2.68. The summed E-state index contributed by atoms with van der Waals surface area (Å²) in [4.78, 5) is 34.8. The van der Waals surface area contributed by atoms with E-state index in [1.54, 1.807) is 5.57 Å². The van der Waals surface area contributed by atoms with Crippen molar-refractivity contribution in [1.82, 2.24) is 0 Å². The summed E-state index contributed by atoms with van der Waals surface area (Å²) in [6, 6.07) is 3.03. The highest BCUT2D eigenvalue weighted by atomic mass is 16.6. The number of rotatable bonds is 4. The zero-order valence-electron chi connectivity index (χ0n) is 28.5. The molecule has 4 saturated carbocycles. The minimum atomic E-state index is -0.733. The molecule has 4 fully saturated rings. The first-order valence-corrected chi connectivity index (χ1v) is 17.2. The van der Waals surface area contributed by atoms with E-state index in [0.29, 0.717) is 35.5 Å². The number of hydrogen-bond acceptors (Lipinski definition) is 6. The minimum Gasteiger partial charge on any atom is -0.458 e. The van der Waals surface area contributed by atoms with E-state index in [1.807, 2.05) is 0 Å². The molecule has 246 valence electrons. The van der Waals surface area contributed by atoms with Gasteiger partial charge in [-0.05, 0) is 109 Å². The number of nitro groups is 2. The second kappa shape index (κ2) is 10.4.